The molecule has 3 rings (SSSR count). The molecule has 0 aromatic heterocycles. The van der Waals surface area contributed by atoms with E-state index in [4.69, 9.17) is 11.6 Å². The maximum Gasteiger partial charge on any atom is 0.0426 e. The normalized spacial score (nSPS) is 19.2. The van der Waals surface area contributed by atoms with Crippen molar-refractivity contribution in [3.05, 3.63) is 29.3 Å². The molecule has 2 aliphatic carbocycles. The van der Waals surface area contributed by atoms with Gasteiger partial charge in [-0.1, -0.05) is 17.7 Å². The van der Waals surface area contributed by atoms with Crippen LogP contribution in [0.4, 0.5) is 5.69 Å². The summed E-state index contributed by atoms with van der Waals surface area (Å²) >= 11 is 5.97. The summed E-state index contributed by atoms with van der Waals surface area (Å²) < 4.78 is 0. The zero-order chi connectivity index (χ0) is 12.4. The van der Waals surface area contributed by atoms with Crippen LogP contribution in [0.1, 0.15) is 25.7 Å². The van der Waals surface area contributed by atoms with Gasteiger partial charge in [-0.25, -0.2) is 0 Å². The fourth-order valence-corrected chi connectivity index (χ4v) is 2.63. The Labute approximate surface area is 114 Å². The van der Waals surface area contributed by atoms with Crippen LogP contribution in [0.15, 0.2) is 24.3 Å². The minimum atomic E-state index is 0.803. The summed E-state index contributed by atoms with van der Waals surface area (Å²) in [6.07, 6.45) is 5.71. The van der Waals surface area contributed by atoms with Crippen molar-refractivity contribution in [1.82, 2.24) is 4.90 Å². The molecule has 3 heteroatoms. The highest BCUT2D eigenvalue weighted by molar-refractivity contribution is 6.30. The van der Waals surface area contributed by atoms with Gasteiger partial charge >= 0.3 is 0 Å². The van der Waals surface area contributed by atoms with E-state index in [1.54, 1.807) is 0 Å². The molecule has 0 radical (unpaired) electrons. The van der Waals surface area contributed by atoms with E-state index in [1.807, 2.05) is 18.2 Å². The molecule has 18 heavy (non-hydrogen) atoms. The Morgan fingerprint density at radius 1 is 1.22 bits per heavy atom. The Hall–Kier alpha value is -0.730. The second kappa shape index (κ2) is 5.50. The van der Waals surface area contributed by atoms with Crippen LogP contribution in [0.2, 0.25) is 5.02 Å². The van der Waals surface area contributed by atoms with Crippen LogP contribution in [-0.4, -0.2) is 30.6 Å². The third kappa shape index (κ3) is 3.63. The maximum absolute atomic E-state index is 5.97. The molecule has 1 aromatic rings. The molecule has 2 fully saturated rings. The van der Waals surface area contributed by atoms with Gasteiger partial charge in [0.05, 0.1) is 0 Å². The fraction of sp³-hybridized carbons (Fsp3) is 0.600. The average molecular weight is 265 g/mol. The fourth-order valence-electron chi connectivity index (χ4n) is 2.44. The number of hydrogen-bond acceptors (Lipinski definition) is 2. The first-order valence-electron chi connectivity index (χ1n) is 7.05. The molecular weight excluding hydrogens is 244 g/mol. The van der Waals surface area contributed by atoms with E-state index in [0.717, 1.165) is 35.8 Å². The highest BCUT2D eigenvalue weighted by Gasteiger charge is 2.33. The van der Waals surface area contributed by atoms with Crippen LogP contribution in [0.3, 0.4) is 0 Å². The molecule has 0 saturated heterocycles. The number of hydrogen-bond donors (Lipinski definition) is 1. The monoisotopic (exact) mass is 264 g/mol. The number of nitrogens with one attached hydrogen (secondary N) is 1. The summed E-state index contributed by atoms with van der Waals surface area (Å²) in [5.74, 6) is 0.997. The lowest BCUT2D eigenvalue weighted by molar-refractivity contribution is 0.262. The first-order chi connectivity index (χ1) is 8.81. The molecule has 0 unspecified atom stereocenters. The second-order valence-electron chi connectivity index (χ2n) is 5.61. The van der Waals surface area contributed by atoms with Crippen LogP contribution in [0.25, 0.3) is 0 Å². The van der Waals surface area contributed by atoms with Crippen molar-refractivity contribution in [3.8, 4) is 0 Å². The van der Waals surface area contributed by atoms with Gasteiger partial charge in [-0.15, -0.1) is 0 Å². The van der Waals surface area contributed by atoms with Gasteiger partial charge in [0, 0.05) is 36.4 Å². The summed E-state index contributed by atoms with van der Waals surface area (Å²) in [7, 11) is 0. The molecule has 2 aliphatic rings. The summed E-state index contributed by atoms with van der Waals surface area (Å²) in [4.78, 5) is 2.68. The third-order valence-corrected chi connectivity index (χ3v) is 4.04. The predicted molar refractivity (Wildman–Crippen MR) is 77.3 cm³/mol. The SMILES string of the molecule is Clc1cccc(NCCN(CC2CC2)C2CC2)c1. The lowest BCUT2D eigenvalue weighted by Crippen LogP contribution is -2.33. The van der Waals surface area contributed by atoms with Gasteiger partial charge in [0.1, 0.15) is 0 Å². The number of benzene rings is 1. The van der Waals surface area contributed by atoms with Crippen molar-refractivity contribution >= 4 is 17.3 Å². The van der Waals surface area contributed by atoms with Gasteiger partial charge in [-0.2, -0.15) is 0 Å². The topological polar surface area (TPSA) is 15.3 Å². The van der Waals surface area contributed by atoms with E-state index in [9.17, 15) is 0 Å². The molecule has 98 valence electrons. The zero-order valence-corrected chi connectivity index (χ0v) is 11.5. The first-order valence-corrected chi connectivity index (χ1v) is 7.42. The Morgan fingerprint density at radius 2 is 2.06 bits per heavy atom. The summed E-state index contributed by atoms with van der Waals surface area (Å²) in [6, 6.07) is 8.86. The van der Waals surface area contributed by atoms with Crippen LogP contribution < -0.4 is 5.32 Å². The minimum Gasteiger partial charge on any atom is -0.384 e. The van der Waals surface area contributed by atoms with E-state index >= 15 is 0 Å². The van der Waals surface area contributed by atoms with Gasteiger partial charge in [0.15, 0.2) is 0 Å². The third-order valence-electron chi connectivity index (χ3n) is 3.81. The highest BCUT2D eigenvalue weighted by Crippen LogP contribution is 2.34. The molecule has 2 nitrogen and oxygen atoms in total. The molecule has 1 N–H and O–H groups in total. The predicted octanol–water partition coefficient (Wildman–Crippen LogP) is 3.63. The van der Waals surface area contributed by atoms with Gasteiger partial charge in [0.2, 0.25) is 0 Å². The van der Waals surface area contributed by atoms with Crippen LogP contribution in [0.5, 0.6) is 0 Å². The number of anilines is 1. The van der Waals surface area contributed by atoms with Crippen molar-refractivity contribution in [2.24, 2.45) is 5.92 Å². The quantitative estimate of drug-likeness (QED) is 0.809. The van der Waals surface area contributed by atoms with E-state index < -0.39 is 0 Å². The molecule has 0 aliphatic heterocycles. The van der Waals surface area contributed by atoms with Crippen LogP contribution in [-0.2, 0) is 0 Å². The first kappa shape index (κ1) is 12.3. The van der Waals surface area contributed by atoms with Crippen molar-refractivity contribution in [2.75, 3.05) is 25.0 Å². The molecule has 0 bridgehead atoms. The second-order valence-corrected chi connectivity index (χ2v) is 6.04. The van der Waals surface area contributed by atoms with E-state index in [2.05, 4.69) is 16.3 Å². The van der Waals surface area contributed by atoms with Crippen LogP contribution in [0, 0.1) is 5.92 Å². The number of halogens is 1. The average Bonchev–Trinajstić information content (AvgIpc) is 3.22. The Bertz CT molecular complexity index is 399. The van der Waals surface area contributed by atoms with Gasteiger partial charge < -0.3 is 5.32 Å². The zero-order valence-electron chi connectivity index (χ0n) is 10.7. The van der Waals surface area contributed by atoms with Gasteiger partial charge in [-0.3, -0.25) is 4.90 Å². The molecule has 2 saturated carbocycles. The largest absolute Gasteiger partial charge is 0.384 e. The molecule has 0 amide bonds. The minimum absolute atomic E-state index is 0.803. The summed E-state index contributed by atoms with van der Waals surface area (Å²) in [5.41, 5.74) is 1.13. The Balaban J connectivity index is 1.44. The van der Waals surface area contributed by atoms with E-state index in [1.165, 1.54) is 32.2 Å². The lowest BCUT2D eigenvalue weighted by Gasteiger charge is -2.22. The smallest absolute Gasteiger partial charge is 0.0426 e. The number of nitrogens with zero attached hydrogens (tertiary/aromatic N) is 1. The van der Waals surface area contributed by atoms with Gasteiger partial charge in [-0.05, 0) is 49.8 Å². The van der Waals surface area contributed by atoms with Crippen molar-refractivity contribution in [2.45, 2.75) is 31.7 Å². The highest BCUT2D eigenvalue weighted by atomic mass is 35.5. The maximum atomic E-state index is 5.97. The van der Waals surface area contributed by atoms with E-state index in [-0.39, 0.29) is 0 Å². The molecule has 0 heterocycles. The summed E-state index contributed by atoms with van der Waals surface area (Å²) in [6.45, 7) is 3.50. The lowest BCUT2D eigenvalue weighted by atomic mass is 10.3. The van der Waals surface area contributed by atoms with E-state index in [0.29, 0.717) is 0 Å². The molecular formula is C15H21ClN2. The van der Waals surface area contributed by atoms with Gasteiger partial charge in [0.25, 0.3) is 0 Å². The van der Waals surface area contributed by atoms with Crippen molar-refractivity contribution < 1.29 is 0 Å². The number of rotatable bonds is 7. The molecule has 0 spiro atoms. The standard InChI is InChI=1S/C15H21ClN2/c16-13-2-1-3-14(10-13)17-8-9-18(15-6-7-15)11-12-4-5-12/h1-3,10,12,15,17H,4-9,11H2. The Kier molecular flexibility index (Phi) is 3.76. The summed E-state index contributed by atoms with van der Waals surface area (Å²) in [5, 5.41) is 4.27. The Morgan fingerprint density at radius 3 is 2.72 bits per heavy atom. The molecule has 0 atom stereocenters. The van der Waals surface area contributed by atoms with Crippen LogP contribution >= 0.6 is 11.6 Å². The van der Waals surface area contributed by atoms with Crippen molar-refractivity contribution in [1.29, 1.82) is 0 Å². The van der Waals surface area contributed by atoms with Crippen molar-refractivity contribution in [3.63, 3.8) is 0 Å². The molecule has 1 aromatic carbocycles.